The van der Waals surface area contributed by atoms with Crippen LogP contribution < -0.4 is 0 Å². The summed E-state index contributed by atoms with van der Waals surface area (Å²) in [6, 6.07) is 4.99. The Morgan fingerprint density at radius 2 is 1.90 bits per heavy atom. The summed E-state index contributed by atoms with van der Waals surface area (Å²) in [6.07, 6.45) is 1.43. The van der Waals surface area contributed by atoms with E-state index >= 15 is 0 Å². The second-order valence-corrected chi connectivity index (χ2v) is 7.53. The molecule has 2 N–H and O–H groups in total. The minimum atomic E-state index is -4.26. The Kier molecular flexibility index (Phi) is 3.89. The molecule has 0 atom stereocenters. The molecule has 5 nitrogen and oxygen atoms in total. The maximum atomic E-state index is 11.4. The number of nitrogens with zero attached hydrogens (tertiary/aromatic N) is 1. The highest BCUT2D eigenvalue weighted by atomic mass is 35.5. The Morgan fingerprint density at radius 1 is 1.29 bits per heavy atom. The topological polar surface area (TPSA) is 83.6 Å². The third-order valence-electron chi connectivity index (χ3n) is 3.33. The fourth-order valence-corrected chi connectivity index (χ4v) is 3.56. The van der Waals surface area contributed by atoms with Crippen LogP contribution in [0.2, 0.25) is 10.0 Å². The van der Waals surface area contributed by atoms with Gasteiger partial charge in [-0.15, -0.1) is 0 Å². The first kappa shape index (κ1) is 15.1. The molecular weight excluding hydrogens is 336 g/mol. The molecule has 8 heteroatoms. The van der Waals surface area contributed by atoms with E-state index in [1.165, 1.54) is 0 Å². The molecular formula is C13H12Cl2NO4P. The third kappa shape index (κ3) is 3.17. The Balaban J connectivity index is 2.16. The van der Waals surface area contributed by atoms with Gasteiger partial charge in [-0.05, 0) is 25.0 Å². The van der Waals surface area contributed by atoms with Crippen molar-refractivity contribution in [3.63, 3.8) is 0 Å². The Morgan fingerprint density at radius 3 is 2.43 bits per heavy atom. The largest absolute Gasteiger partial charge is 0.360 e. The van der Waals surface area contributed by atoms with Gasteiger partial charge in [0.05, 0.1) is 16.2 Å². The van der Waals surface area contributed by atoms with Crippen molar-refractivity contribution in [3.05, 3.63) is 39.6 Å². The van der Waals surface area contributed by atoms with Crippen molar-refractivity contribution >= 4 is 30.8 Å². The molecule has 0 aliphatic heterocycles. The van der Waals surface area contributed by atoms with Gasteiger partial charge in [0.15, 0.2) is 0 Å². The zero-order valence-corrected chi connectivity index (χ0v) is 13.2. The van der Waals surface area contributed by atoms with Gasteiger partial charge in [-0.1, -0.05) is 34.4 Å². The van der Waals surface area contributed by atoms with Gasteiger partial charge in [0.25, 0.3) is 0 Å². The van der Waals surface area contributed by atoms with Crippen molar-refractivity contribution in [3.8, 4) is 11.3 Å². The second kappa shape index (κ2) is 5.41. The first-order valence-electron chi connectivity index (χ1n) is 6.34. The van der Waals surface area contributed by atoms with E-state index in [0.717, 1.165) is 12.8 Å². The summed E-state index contributed by atoms with van der Waals surface area (Å²) < 4.78 is 16.7. The number of aromatic nitrogens is 1. The number of hydrogen-bond acceptors (Lipinski definition) is 3. The molecule has 0 bridgehead atoms. The molecule has 2 aromatic rings. The van der Waals surface area contributed by atoms with E-state index in [9.17, 15) is 14.4 Å². The molecule has 3 rings (SSSR count). The predicted molar refractivity (Wildman–Crippen MR) is 79.7 cm³/mol. The van der Waals surface area contributed by atoms with E-state index < -0.39 is 13.8 Å². The summed E-state index contributed by atoms with van der Waals surface area (Å²) >= 11 is 12.3. The molecule has 0 unspecified atom stereocenters. The lowest BCUT2D eigenvalue weighted by atomic mass is 10.1. The van der Waals surface area contributed by atoms with Crippen LogP contribution in [0.5, 0.6) is 0 Å². The molecule has 112 valence electrons. The van der Waals surface area contributed by atoms with Crippen LogP contribution in [0.3, 0.4) is 0 Å². The fraction of sp³-hybridized carbons (Fsp3) is 0.308. The second-order valence-electron chi connectivity index (χ2n) is 5.07. The highest BCUT2D eigenvalue weighted by molar-refractivity contribution is 7.50. The summed E-state index contributed by atoms with van der Waals surface area (Å²) in [7, 11) is -4.26. The Labute approximate surface area is 131 Å². The van der Waals surface area contributed by atoms with E-state index in [1.807, 2.05) is 0 Å². The summed E-state index contributed by atoms with van der Waals surface area (Å²) in [6.45, 7) is 0. The smallest absolute Gasteiger partial charge is 0.330 e. The van der Waals surface area contributed by atoms with Crippen molar-refractivity contribution < 1.29 is 18.9 Å². The minimum absolute atomic E-state index is 0.175. The van der Waals surface area contributed by atoms with Gasteiger partial charge in [0.1, 0.15) is 11.5 Å². The highest BCUT2D eigenvalue weighted by Gasteiger charge is 2.35. The maximum absolute atomic E-state index is 11.4. The zero-order chi connectivity index (χ0) is 15.2. The lowest BCUT2D eigenvalue weighted by molar-refractivity contribution is 0.368. The van der Waals surface area contributed by atoms with Crippen LogP contribution in [0.1, 0.15) is 30.1 Å². The fourth-order valence-electron chi connectivity index (χ4n) is 2.27. The summed E-state index contributed by atoms with van der Waals surface area (Å²) in [5.41, 5.74) is 1.16. The van der Waals surface area contributed by atoms with Crippen molar-refractivity contribution in [2.75, 3.05) is 0 Å². The van der Waals surface area contributed by atoms with Crippen LogP contribution in [0, 0.1) is 0 Å². The monoisotopic (exact) mass is 347 g/mol. The van der Waals surface area contributed by atoms with Crippen LogP contribution in [-0.4, -0.2) is 14.9 Å². The average Bonchev–Trinajstić information content (AvgIpc) is 3.12. The SMILES string of the molecule is O=P(O)(O)Cc1c(-c2c(Cl)cccc2Cl)noc1C1CC1. The molecule has 0 radical (unpaired) electrons. The van der Waals surface area contributed by atoms with Gasteiger partial charge in [-0.3, -0.25) is 4.57 Å². The van der Waals surface area contributed by atoms with Crippen molar-refractivity contribution in [2.24, 2.45) is 0 Å². The molecule has 0 spiro atoms. The molecule has 1 fully saturated rings. The molecule has 0 saturated heterocycles. The standard InChI is InChI=1S/C13H12Cl2NO4P/c14-9-2-1-3-10(15)11(9)12-8(6-21(17,18)19)13(20-16-12)7-4-5-7/h1-3,7H,4-6H2,(H2,17,18,19). The molecule has 1 saturated carbocycles. The van der Waals surface area contributed by atoms with Crippen LogP contribution in [0.15, 0.2) is 22.7 Å². The minimum Gasteiger partial charge on any atom is -0.360 e. The Bertz CT molecular complexity index is 716. The van der Waals surface area contributed by atoms with Crippen LogP contribution >= 0.6 is 30.8 Å². The maximum Gasteiger partial charge on any atom is 0.330 e. The van der Waals surface area contributed by atoms with E-state index in [0.29, 0.717) is 32.6 Å². The molecule has 1 aliphatic carbocycles. The van der Waals surface area contributed by atoms with Crippen molar-refractivity contribution in [2.45, 2.75) is 24.9 Å². The van der Waals surface area contributed by atoms with Crippen molar-refractivity contribution in [1.29, 1.82) is 0 Å². The lowest BCUT2D eigenvalue weighted by Crippen LogP contribution is -1.94. The molecule has 21 heavy (non-hydrogen) atoms. The van der Waals surface area contributed by atoms with E-state index in [-0.39, 0.29) is 5.92 Å². The number of hydrogen-bond donors (Lipinski definition) is 2. The van der Waals surface area contributed by atoms with Crippen molar-refractivity contribution in [1.82, 2.24) is 5.16 Å². The molecule has 1 aliphatic rings. The van der Waals surface area contributed by atoms with Gasteiger partial charge in [-0.25, -0.2) is 0 Å². The number of halogens is 2. The molecule has 1 aromatic heterocycles. The Hall–Kier alpha value is -0.840. The molecule has 1 aromatic carbocycles. The van der Waals surface area contributed by atoms with Crippen LogP contribution in [-0.2, 0) is 10.7 Å². The summed E-state index contributed by atoms with van der Waals surface area (Å²) in [5.74, 6) is 0.707. The van der Waals surface area contributed by atoms with E-state index in [1.54, 1.807) is 18.2 Å². The predicted octanol–water partition coefficient (Wildman–Crippen LogP) is 4.20. The van der Waals surface area contributed by atoms with Gasteiger partial charge in [0, 0.05) is 17.0 Å². The quantitative estimate of drug-likeness (QED) is 0.809. The average molecular weight is 348 g/mol. The van der Waals surface area contributed by atoms with Gasteiger partial charge in [0.2, 0.25) is 0 Å². The van der Waals surface area contributed by atoms with Gasteiger partial charge < -0.3 is 14.3 Å². The molecule has 1 heterocycles. The lowest BCUT2D eigenvalue weighted by Gasteiger charge is -2.08. The van der Waals surface area contributed by atoms with Crippen LogP contribution in [0.25, 0.3) is 11.3 Å². The third-order valence-corrected chi connectivity index (χ3v) is 4.69. The summed E-state index contributed by atoms with van der Waals surface area (Å²) in [4.78, 5) is 18.6. The van der Waals surface area contributed by atoms with E-state index in [2.05, 4.69) is 5.16 Å². The first-order chi connectivity index (χ1) is 9.87. The summed E-state index contributed by atoms with van der Waals surface area (Å²) in [5, 5.41) is 4.70. The first-order valence-corrected chi connectivity index (χ1v) is 8.89. The normalized spacial score (nSPS) is 15.4. The van der Waals surface area contributed by atoms with Crippen LogP contribution in [0.4, 0.5) is 0 Å². The van der Waals surface area contributed by atoms with Gasteiger partial charge >= 0.3 is 7.60 Å². The van der Waals surface area contributed by atoms with Gasteiger partial charge in [-0.2, -0.15) is 0 Å². The molecule has 0 amide bonds. The number of rotatable bonds is 4. The van der Waals surface area contributed by atoms with E-state index in [4.69, 9.17) is 27.7 Å². The number of benzene rings is 1. The zero-order valence-electron chi connectivity index (χ0n) is 10.8. The highest BCUT2D eigenvalue weighted by Crippen LogP contribution is 2.50.